The van der Waals surface area contributed by atoms with E-state index in [1.54, 1.807) is 0 Å². The van der Waals surface area contributed by atoms with Crippen molar-refractivity contribution in [2.24, 2.45) is 5.16 Å². The van der Waals surface area contributed by atoms with Crippen molar-refractivity contribution in [1.82, 2.24) is 20.3 Å². The molecule has 0 bridgehead atoms. The summed E-state index contributed by atoms with van der Waals surface area (Å²) in [4.78, 5) is 57.0. The number of rotatable bonds is 7. The van der Waals surface area contributed by atoms with Crippen LogP contribution in [0.4, 0.5) is 9.52 Å². The number of anilines is 1. The first-order chi connectivity index (χ1) is 13.8. The minimum Gasteiger partial charge on any atom is -0.477 e. The van der Waals surface area contributed by atoms with E-state index in [1.807, 2.05) is 0 Å². The molecule has 0 saturated carbocycles. The van der Waals surface area contributed by atoms with E-state index < -0.39 is 42.0 Å². The Morgan fingerprint density at radius 1 is 1.52 bits per heavy atom. The van der Waals surface area contributed by atoms with Crippen LogP contribution < -0.4 is 11.1 Å². The molecular formula is C15H15FN6O6S. The number of hydrogen-bond acceptors (Lipinski definition) is 10. The lowest BCUT2D eigenvalue weighted by atomic mass is 10.1. The van der Waals surface area contributed by atoms with E-state index in [2.05, 4.69) is 20.3 Å². The lowest BCUT2D eigenvalue weighted by Crippen LogP contribution is -2.46. The molecule has 0 radical (unpaired) electrons. The molecule has 4 N–H and O–H groups in total. The van der Waals surface area contributed by atoms with Crippen molar-refractivity contribution in [3.8, 4) is 0 Å². The van der Waals surface area contributed by atoms with Crippen LogP contribution in [-0.2, 0) is 24.0 Å². The van der Waals surface area contributed by atoms with Crippen molar-refractivity contribution >= 4 is 45.7 Å². The summed E-state index contributed by atoms with van der Waals surface area (Å²) in [6.07, 6.45) is 0. The molecular weight excluding hydrogens is 411 g/mol. The number of carbonyl (C=O) groups is 4. The van der Waals surface area contributed by atoms with E-state index in [0.717, 1.165) is 16.3 Å². The number of aliphatic carboxylic acids is 1. The van der Waals surface area contributed by atoms with Crippen molar-refractivity contribution in [1.29, 1.82) is 0 Å². The molecule has 0 aromatic carbocycles. The molecule has 1 aromatic heterocycles. The second kappa shape index (κ2) is 7.92. The minimum absolute atomic E-state index is 0.121. The van der Waals surface area contributed by atoms with Crippen LogP contribution in [0.2, 0.25) is 0 Å². The van der Waals surface area contributed by atoms with Gasteiger partial charge in [0.05, 0.1) is 0 Å². The van der Waals surface area contributed by atoms with Crippen LogP contribution in [0.5, 0.6) is 0 Å². The van der Waals surface area contributed by atoms with Crippen molar-refractivity contribution in [2.45, 2.75) is 6.04 Å². The van der Waals surface area contributed by atoms with Gasteiger partial charge in [-0.2, -0.15) is 0 Å². The third-order valence-corrected chi connectivity index (χ3v) is 4.82. The fourth-order valence-corrected chi connectivity index (χ4v) is 3.52. The van der Waals surface area contributed by atoms with E-state index in [0.29, 0.717) is 0 Å². The lowest BCUT2D eigenvalue weighted by molar-refractivity contribution is -0.143. The van der Waals surface area contributed by atoms with Gasteiger partial charge in [-0.05, 0) is 0 Å². The van der Waals surface area contributed by atoms with E-state index in [-0.39, 0.29) is 35.2 Å². The standard InChI is InChI=1S/C15H15FN6O6S/c1-28-20-10(8-5-29-15(17)19-8)12(24)18-7-4-21-3-6(9(23)2-16)11(14(26)27)22(21)13(7)25/h5,7H,2-4H2,1H3,(H2,17,19)(H,18,24)(H,26,27)/b20-10-/t7-/m0/s1. The summed E-state index contributed by atoms with van der Waals surface area (Å²) in [5.41, 5.74) is 4.54. The number of hydrazine groups is 1. The maximum absolute atomic E-state index is 12.7. The van der Waals surface area contributed by atoms with E-state index in [4.69, 9.17) is 5.73 Å². The van der Waals surface area contributed by atoms with Crippen molar-refractivity contribution in [3.63, 3.8) is 0 Å². The fraction of sp³-hybridized carbons (Fsp3) is 0.333. The molecule has 12 nitrogen and oxygen atoms in total. The normalized spacial score (nSPS) is 19.5. The van der Waals surface area contributed by atoms with E-state index in [1.165, 1.54) is 17.5 Å². The molecule has 1 atom stereocenters. The number of fused-ring (bicyclic) bond motifs is 1. The highest BCUT2D eigenvalue weighted by Gasteiger charge is 2.49. The molecule has 154 valence electrons. The monoisotopic (exact) mass is 426 g/mol. The maximum Gasteiger partial charge on any atom is 0.354 e. The minimum atomic E-state index is -1.55. The predicted octanol–water partition coefficient (Wildman–Crippen LogP) is -1.49. The summed E-state index contributed by atoms with van der Waals surface area (Å²) in [6.45, 7) is -1.76. The van der Waals surface area contributed by atoms with Crippen LogP contribution in [-0.4, -0.2) is 82.3 Å². The van der Waals surface area contributed by atoms with Crippen molar-refractivity contribution < 1.29 is 33.5 Å². The number of nitrogens with one attached hydrogen (secondary N) is 1. The molecule has 3 rings (SSSR count). The first-order valence-corrected chi connectivity index (χ1v) is 8.94. The van der Waals surface area contributed by atoms with Gasteiger partial charge in [-0.1, -0.05) is 5.16 Å². The Labute approximate surface area is 166 Å². The van der Waals surface area contributed by atoms with Crippen molar-refractivity contribution in [2.75, 3.05) is 32.6 Å². The molecule has 1 fully saturated rings. The molecule has 1 saturated heterocycles. The number of nitrogens with two attached hydrogens (primary N) is 1. The second-order valence-corrected chi connectivity index (χ2v) is 6.80. The molecule has 2 aliphatic rings. The topological polar surface area (TPSA) is 168 Å². The number of alkyl halides is 1. The summed E-state index contributed by atoms with van der Waals surface area (Å²) >= 11 is 1.07. The molecule has 14 heteroatoms. The van der Waals surface area contributed by atoms with Crippen LogP contribution in [0.3, 0.4) is 0 Å². The van der Waals surface area contributed by atoms with Gasteiger partial charge in [-0.15, -0.1) is 11.3 Å². The Bertz CT molecular complexity index is 959. The molecule has 29 heavy (non-hydrogen) atoms. The number of nitrogen functional groups attached to an aromatic ring is 1. The van der Waals surface area contributed by atoms with Gasteiger partial charge in [0.15, 0.2) is 29.0 Å². The molecule has 0 spiro atoms. The van der Waals surface area contributed by atoms with E-state index in [9.17, 15) is 28.7 Å². The summed E-state index contributed by atoms with van der Waals surface area (Å²) in [5.74, 6) is -4.14. The molecule has 1 aromatic rings. The van der Waals surface area contributed by atoms with Crippen LogP contribution >= 0.6 is 11.3 Å². The maximum atomic E-state index is 12.7. The number of ketones is 1. The first-order valence-electron chi connectivity index (χ1n) is 8.06. The smallest absolute Gasteiger partial charge is 0.354 e. The van der Waals surface area contributed by atoms with Gasteiger partial charge in [0.1, 0.15) is 18.8 Å². The van der Waals surface area contributed by atoms with Crippen LogP contribution in [0, 0.1) is 0 Å². The number of nitrogens with zero attached hydrogens (tertiary/aromatic N) is 4. The Morgan fingerprint density at radius 2 is 2.24 bits per heavy atom. The highest BCUT2D eigenvalue weighted by Crippen LogP contribution is 2.30. The van der Waals surface area contributed by atoms with Crippen LogP contribution in [0.25, 0.3) is 0 Å². The fourth-order valence-electron chi connectivity index (χ4n) is 2.98. The highest BCUT2D eigenvalue weighted by atomic mass is 32.1. The third kappa shape index (κ3) is 3.66. The summed E-state index contributed by atoms with van der Waals surface area (Å²) in [7, 11) is 1.22. The van der Waals surface area contributed by atoms with Crippen LogP contribution in [0.15, 0.2) is 21.8 Å². The van der Waals surface area contributed by atoms with Gasteiger partial charge >= 0.3 is 5.97 Å². The summed E-state index contributed by atoms with van der Waals surface area (Å²) in [5, 5.41) is 19.1. The molecule has 2 aliphatic heterocycles. The Balaban J connectivity index is 1.81. The quantitative estimate of drug-likeness (QED) is 0.347. The van der Waals surface area contributed by atoms with Crippen LogP contribution in [0.1, 0.15) is 5.69 Å². The number of carboxylic acids is 1. The number of oxime groups is 1. The number of aromatic nitrogens is 1. The second-order valence-electron chi connectivity index (χ2n) is 5.91. The summed E-state index contributed by atoms with van der Waals surface area (Å²) in [6, 6.07) is -1.13. The number of hydrogen-bond donors (Lipinski definition) is 3. The Kier molecular flexibility index (Phi) is 5.56. The summed E-state index contributed by atoms with van der Waals surface area (Å²) < 4.78 is 12.7. The number of carboxylic acid groups (broad SMARTS) is 1. The van der Waals surface area contributed by atoms with Gasteiger partial charge in [-0.3, -0.25) is 14.4 Å². The number of carbonyl (C=O) groups excluding carboxylic acids is 3. The zero-order valence-corrected chi connectivity index (χ0v) is 15.7. The Hall–Kier alpha value is -3.39. The number of amides is 2. The zero-order chi connectivity index (χ0) is 21.3. The molecule has 2 amide bonds. The average Bonchev–Trinajstić information content (AvgIpc) is 3.34. The third-order valence-electron chi connectivity index (χ3n) is 4.15. The van der Waals surface area contributed by atoms with Gasteiger partial charge in [0.2, 0.25) is 0 Å². The van der Waals surface area contributed by atoms with E-state index >= 15 is 0 Å². The molecule has 0 unspecified atom stereocenters. The SMILES string of the molecule is CO/N=C(\C(=O)N[C@H]1CN2CC(C(=O)CF)=C(C(=O)O)N2C1=O)c1csc(N)n1. The van der Waals surface area contributed by atoms with Gasteiger partial charge in [0, 0.05) is 24.0 Å². The molecule has 3 heterocycles. The first kappa shape index (κ1) is 20.3. The zero-order valence-electron chi connectivity index (χ0n) is 14.9. The van der Waals surface area contributed by atoms with Crippen molar-refractivity contribution in [3.05, 3.63) is 22.3 Å². The van der Waals surface area contributed by atoms with Gasteiger partial charge < -0.3 is 21.0 Å². The molecule has 0 aliphatic carbocycles. The van der Waals surface area contributed by atoms with Gasteiger partial charge in [-0.25, -0.2) is 24.2 Å². The number of Topliss-reactive ketones (excluding diaryl/α,β-unsaturated/α-hetero) is 1. The average molecular weight is 426 g/mol. The van der Waals surface area contributed by atoms with Gasteiger partial charge in [0.25, 0.3) is 11.8 Å². The largest absolute Gasteiger partial charge is 0.477 e. The highest BCUT2D eigenvalue weighted by molar-refractivity contribution is 7.13. The number of thiazole rings is 1. The lowest BCUT2D eigenvalue weighted by Gasteiger charge is -2.19. The number of halogens is 1. The Morgan fingerprint density at radius 3 is 2.79 bits per heavy atom. The predicted molar refractivity (Wildman–Crippen MR) is 96.1 cm³/mol.